The molecule has 0 bridgehead atoms. The summed E-state index contributed by atoms with van der Waals surface area (Å²) in [6, 6.07) is 10.1. The minimum Gasteiger partial charge on any atom is -0.370 e. The number of nitrogens with zero attached hydrogens (tertiary/aromatic N) is 3. The Balaban J connectivity index is 1.86. The van der Waals surface area contributed by atoms with Gasteiger partial charge in [-0.3, -0.25) is 0 Å². The lowest BCUT2D eigenvalue weighted by Crippen LogP contribution is -2.29. The summed E-state index contributed by atoms with van der Waals surface area (Å²) in [5.41, 5.74) is 2.17. The second kappa shape index (κ2) is 7.48. The molecule has 2 aromatic carbocycles. The maximum absolute atomic E-state index is 13.8. The second-order valence-corrected chi connectivity index (χ2v) is 7.86. The number of imidazole rings is 1. The van der Waals surface area contributed by atoms with Gasteiger partial charge in [-0.05, 0) is 55.2 Å². The number of hydrogen-bond donors (Lipinski definition) is 0. The normalized spacial score (nSPS) is 15.4. The van der Waals surface area contributed by atoms with E-state index in [1.165, 1.54) is 4.57 Å². The molecule has 1 saturated heterocycles. The Kier molecular flexibility index (Phi) is 5.19. The largest absolute Gasteiger partial charge is 0.449 e. The predicted octanol–water partition coefficient (Wildman–Crippen LogP) is 6.40. The van der Waals surface area contributed by atoms with Gasteiger partial charge in [-0.15, -0.1) is 0 Å². The zero-order valence-electron chi connectivity index (χ0n) is 14.9. The molecule has 4 rings (SSSR count). The van der Waals surface area contributed by atoms with Crippen LogP contribution in [0.25, 0.3) is 11.0 Å². The number of aromatic nitrogens is 2. The third kappa shape index (κ3) is 3.80. The highest BCUT2D eigenvalue weighted by molar-refractivity contribution is 6.34. The maximum atomic E-state index is 13.8. The minimum absolute atomic E-state index is 0.0188. The lowest BCUT2D eigenvalue weighted by atomic mass is 10.1. The van der Waals surface area contributed by atoms with Gasteiger partial charge in [-0.1, -0.05) is 29.3 Å². The first-order chi connectivity index (χ1) is 13.3. The van der Waals surface area contributed by atoms with Gasteiger partial charge in [0.15, 0.2) is 0 Å². The number of benzene rings is 2. The van der Waals surface area contributed by atoms with Crippen LogP contribution in [-0.4, -0.2) is 22.6 Å². The number of anilines is 1. The van der Waals surface area contributed by atoms with Crippen molar-refractivity contribution in [3.8, 4) is 0 Å². The Hall–Kier alpha value is -1.92. The van der Waals surface area contributed by atoms with Crippen LogP contribution in [-0.2, 0) is 12.7 Å². The fourth-order valence-corrected chi connectivity index (χ4v) is 4.35. The first-order valence-corrected chi connectivity index (χ1v) is 9.85. The van der Waals surface area contributed by atoms with Gasteiger partial charge in [-0.25, -0.2) is 4.98 Å². The first kappa shape index (κ1) is 19.4. The van der Waals surface area contributed by atoms with E-state index in [2.05, 4.69) is 9.88 Å². The molecule has 3 aromatic rings. The molecule has 0 N–H and O–H groups in total. The number of alkyl halides is 3. The summed E-state index contributed by atoms with van der Waals surface area (Å²) in [5, 5.41) is 0.768. The van der Waals surface area contributed by atoms with Crippen LogP contribution in [0.4, 0.5) is 18.9 Å². The van der Waals surface area contributed by atoms with E-state index < -0.39 is 12.0 Å². The molecule has 8 heteroatoms. The highest BCUT2D eigenvalue weighted by Crippen LogP contribution is 2.36. The van der Waals surface area contributed by atoms with E-state index in [9.17, 15) is 13.2 Å². The van der Waals surface area contributed by atoms with Crippen molar-refractivity contribution in [1.82, 2.24) is 9.55 Å². The number of rotatable bonds is 3. The quantitative estimate of drug-likeness (QED) is 0.481. The summed E-state index contributed by atoms with van der Waals surface area (Å²) in [6.07, 6.45) is -1.36. The first-order valence-electron chi connectivity index (χ1n) is 9.09. The molecule has 2 heterocycles. The summed E-state index contributed by atoms with van der Waals surface area (Å²) >= 11 is 12.1. The lowest BCUT2D eigenvalue weighted by molar-refractivity contribution is -0.146. The van der Waals surface area contributed by atoms with Gasteiger partial charge in [0.05, 0.1) is 11.2 Å². The van der Waals surface area contributed by atoms with Crippen LogP contribution in [0.15, 0.2) is 36.4 Å². The molecule has 1 fully saturated rings. The Morgan fingerprint density at radius 1 is 0.964 bits per heavy atom. The smallest absolute Gasteiger partial charge is 0.370 e. The molecule has 0 saturated carbocycles. The summed E-state index contributed by atoms with van der Waals surface area (Å²) in [6.45, 7) is 1.64. The number of fused-ring (bicyclic) bond motifs is 1. The van der Waals surface area contributed by atoms with Crippen molar-refractivity contribution in [1.29, 1.82) is 0 Å². The Labute approximate surface area is 170 Å². The van der Waals surface area contributed by atoms with Crippen LogP contribution >= 0.6 is 23.2 Å². The van der Waals surface area contributed by atoms with Gasteiger partial charge in [0, 0.05) is 29.7 Å². The molecule has 28 heavy (non-hydrogen) atoms. The molecule has 0 unspecified atom stereocenters. The van der Waals surface area contributed by atoms with Crippen LogP contribution in [0.5, 0.6) is 0 Å². The van der Waals surface area contributed by atoms with Crippen LogP contribution in [0.2, 0.25) is 10.0 Å². The number of para-hydroxylation sites is 1. The van der Waals surface area contributed by atoms with Crippen molar-refractivity contribution in [2.45, 2.75) is 32.0 Å². The molecular weight excluding hydrogens is 410 g/mol. The molecule has 1 aliphatic heterocycles. The van der Waals surface area contributed by atoms with Gasteiger partial charge >= 0.3 is 6.18 Å². The van der Waals surface area contributed by atoms with E-state index in [0.29, 0.717) is 26.6 Å². The van der Waals surface area contributed by atoms with Crippen molar-refractivity contribution in [3.63, 3.8) is 0 Å². The van der Waals surface area contributed by atoms with E-state index in [4.69, 9.17) is 23.2 Å². The van der Waals surface area contributed by atoms with E-state index in [0.717, 1.165) is 38.0 Å². The van der Waals surface area contributed by atoms with Crippen molar-refractivity contribution < 1.29 is 13.2 Å². The van der Waals surface area contributed by atoms with E-state index >= 15 is 0 Å². The van der Waals surface area contributed by atoms with Gasteiger partial charge in [0.25, 0.3) is 0 Å². The van der Waals surface area contributed by atoms with E-state index in [-0.39, 0.29) is 6.54 Å². The van der Waals surface area contributed by atoms with Crippen LogP contribution in [0, 0.1) is 0 Å². The highest BCUT2D eigenvalue weighted by atomic mass is 35.5. The summed E-state index contributed by atoms with van der Waals surface area (Å²) in [4.78, 5) is 6.16. The third-order valence-corrected chi connectivity index (χ3v) is 5.41. The van der Waals surface area contributed by atoms with Crippen molar-refractivity contribution in [3.05, 3.63) is 57.8 Å². The third-order valence-electron chi connectivity index (χ3n) is 4.97. The van der Waals surface area contributed by atoms with Gasteiger partial charge in [0.2, 0.25) is 5.82 Å². The van der Waals surface area contributed by atoms with E-state index in [1.54, 1.807) is 30.3 Å². The zero-order valence-corrected chi connectivity index (χ0v) is 16.5. The number of halogens is 5. The zero-order chi connectivity index (χ0) is 19.9. The minimum atomic E-state index is -4.57. The topological polar surface area (TPSA) is 21.1 Å². The summed E-state index contributed by atoms with van der Waals surface area (Å²) in [7, 11) is 0. The van der Waals surface area contributed by atoms with Crippen molar-refractivity contribution in [2.75, 3.05) is 18.0 Å². The van der Waals surface area contributed by atoms with Crippen LogP contribution in [0.1, 0.15) is 30.7 Å². The molecule has 0 spiro atoms. The molecule has 0 radical (unpaired) electrons. The lowest BCUT2D eigenvalue weighted by Gasteiger charge is -2.28. The average molecular weight is 428 g/mol. The number of piperidine rings is 1. The molecule has 148 valence electrons. The van der Waals surface area contributed by atoms with Crippen molar-refractivity contribution in [2.24, 2.45) is 0 Å². The van der Waals surface area contributed by atoms with E-state index in [1.807, 2.05) is 6.07 Å². The summed E-state index contributed by atoms with van der Waals surface area (Å²) < 4.78 is 42.5. The Bertz CT molecular complexity index is 988. The fraction of sp³-hybridized carbons (Fsp3) is 0.350. The maximum Gasteiger partial charge on any atom is 0.449 e. The van der Waals surface area contributed by atoms with Gasteiger partial charge in [-0.2, -0.15) is 13.2 Å². The fourth-order valence-electron chi connectivity index (χ4n) is 3.78. The standard InChI is InChI=1S/C20H18Cl2F3N3/c21-14-9-13(10-15(22)11-14)12-28-17-6-4-5-16(27-7-2-1-3-8-27)18(17)26-19(28)20(23,24)25/h4-6,9-11H,1-3,7-8,12H2. The monoisotopic (exact) mass is 427 g/mol. The number of hydrogen-bond acceptors (Lipinski definition) is 2. The molecule has 1 aliphatic rings. The molecular formula is C20H18Cl2F3N3. The van der Waals surface area contributed by atoms with Gasteiger partial charge < -0.3 is 9.47 Å². The molecule has 0 atom stereocenters. The molecule has 0 amide bonds. The van der Waals surface area contributed by atoms with Gasteiger partial charge in [0.1, 0.15) is 5.52 Å². The second-order valence-electron chi connectivity index (χ2n) is 6.99. The Morgan fingerprint density at radius 3 is 2.29 bits per heavy atom. The summed E-state index contributed by atoms with van der Waals surface area (Å²) in [5.74, 6) is -0.914. The van der Waals surface area contributed by atoms with Crippen LogP contribution in [0.3, 0.4) is 0 Å². The SMILES string of the molecule is FC(F)(F)c1nc2c(N3CCCCC3)cccc2n1Cc1cc(Cl)cc(Cl)c1. The highest BCUT2D eigenvalue weighted by Gasteiger charge is 2.38. The molecule has 1 aromatic heterocycles. The molecule has 3 nitrogen and oxygen atoms in total. The van der Waals surface area contributed by atoms with Crippen molar-refractivity contribution >= 4 is 39.9 Å². The Morgan fingerprint density at radius 2 is 1.64 bits per heavy atom. The average Bonchev–Trinajstić information content (AvgIpc) is 3.00. The molecule has 0 aliphatic carbocycles. The predicted molar refractivity (Wildman–Crippen MR) is 106 cm³/mol. The van der Waals surface area contributed by atoms with Crippen LogP contribution < -0.4 is 4.90 Å².